The minimum absolute atomic E-state index is 0.559. The fraction of sp³-hybridized carbons (Fsp3) is 0.846. The Kier molecular flexibility index (Phi) is 7.71. The fourth-order valence-electron chi connectivity index (χ4n) is 0.872. The molecule has 0 aliphatic carbocycles. The van der Waals surface area contributed by atoms with Crippen molar-refractivity contribution in [1.82, 2.24) is 0 Å². The molecule has 0 saturated carbocycles. The average Bonchev–Trinajstić information content (AvgIpc) is 2.36. The van der Waals surface area contributed by atoms with Crippen molar-refractivity contribution >= 4 is 19.5 Å². The predicted molar refractivity (Wildman–Crippen MR) is 77.7 cm³/mol. The Hall–Kier alpha value is -0.950. The van der Waals surface area contributed by atoms with E-state index >= 15 is 0 Å². The first kappa shape index (κ1) is 21.0. The van der Waals surface area contributed by atoms with Gasteiger partial charge in [0.1, 0.15) is 6.35 Å². The molecule has 0 aliphatic heterocycles. The van der Waals surface area contributed by atoms with Crippen LogP contribution in [-0.4, -0.2) is 37.0 Å². The lowest BCUT2D eigenvalue weighted by Gasteiger charge is -2.20. The van der Waals surface area contributed by atoms with Crippen molar-refractivity contribution < 1.29 is 37.8 Å². The van der Waals surface area contributed by atoms with Gasteiger partial charge < -0.3 is 14.6 Å². The standard InChI is InChI=1S/C13H25O8P/c1-12(2,3)10(15)18-8-20-22(17,7-14)21-9-19-11(16)13(4,5)6/h14H,7-9H2,1-6H3. The number of esters is 2. The topological polar surface area (TPSA) is 108 Å². The van der Waals surface area contributed by atoms with Crippen LogP contribution in [0.25, 0.3) is 0 Å². The molecule has 0 aromatic rings. The molecule has 1 N–H and O–H groups in total. The second-order valence-corrected chi connectivity index (χ2v) is 8.63. The number of aliphatic hydroxyl groups is 1. The Morgan fingerprint density at radius 3 is 1.41 bits per heavy atom. The summed E-state index contributed by atoms with van der Waals surface area (Å²) in [6.07, 6.45) is -0.937. The van der Waals surface area contributed by atoms with Crippen molar-refractivity contribution in [2.24, 2.45) is 10.8 Å². The number of rotatable bonds is 7. The summed E-state index contributed by atoms with van der Waals surface area (Å²) in [5.74, 6) is -1.12. The molecule has 0 rings (SSSR count). The molecule has 0 aromatic heterocycles. The summed E-state index contributed by atoms with van der Waals surface area (Å²) in [6, 6.07) is 0. The first-order valence-electron chi connectivity index (χ1n) is 6.65. The molecule has 0 heterocycles. The molecule has 0 aromatic carbocycles. The van der Waals surface area contributed by atoms with E-state index in [1.165, 1.54) is 0 Å². The van der Waals surface area contributed by atoms with Crippen LogP contribution in [-0.2, 0) is 32.7 Å². The average molecular weight is 340 g/mol. The van der Waals surface area contributed by atoms with Crippen LogP contribution in [0.1, 0.15) is 41.5 Å². The first-order chi connectivity index (χ1) is 9.82. The van der Waals surface area contributed by atoms with Crippen LogP contribution < -0.4 is 0 Å². The quantitative estimate of drug-likeness (QED) is 0.427. The van der Waals surface area contributed by atoms with Crippen LogP contribution in [0.4, 0.5) is 0 Å². The molecule has 0 saturated heterocycles. The Balaban J connectivity index is 4.29. The van der Waals surface area contributed by atoms with Gasteiger partial charge in [-0.2, -0.15) is 0 Å². The zero-order chi connectivity index (χ0) is 17.6. The molecule has 8 nitrogen and oxygen atoms in total. The van der Waals surface area contributed by atoms with E-state index in [9.17, 15) is 14.2 Å². The summed E-state index contributed by atoms with van der Waals surface area (Å²) >= 11 is 0. The van der Waals surface area contributed by atoms with Crippen LogP contribution in [0, 0.1) is 10.8 Å². The normalized spacial score (nSPS) is 12.9. The summed E-state index contributed by atoms with van der Waals surface area (Å²) in [4.78, 5) is 23.0. The molecule has 0 amide bonds. The van der Waals surface area contributed by atoms with E-state index in [4.69, 9.17) is 23.6 Å². The molecule has 130 valence electrons. The largest absolute Gasteiger partial charge is 0.438 e. The SMILES string of the molecule is CC(C)(C)C(=O)OCOP(=O)(CO)OCOC(=O)C(C)(C)C. The highest BCUT2D eigenvalue weighted by atomic mass is 31.2. The summed E-state index contributed by atoms with van der Waals surface area (Å²) in [5.41, 5.74) is -1.48. The van der Waals surface area contributed by atoms with E-state index in [-0.39, 0.29) is 0 Å². The number of ether oxygens (including phenoxy) is 2. The van der Waals surface area contributed by atoms with Crippen molar-refractivity contribution in [2.75, 3.05) is 19.9 Å². The lowest BCUT2D eigenvalue weighted by atomic mass is 9.98. The lowest BCUT2D eigenvalue weighted by molar-refractivity contribution is -0.162. The summed E-state index contributed by atoms with van der Waals surface area (Å²) in [7, 11) is -3.92. The Morgan fingerprint density at radius 1 is 0.864 bits per heavy atom. The van der Waals surface area contributed by atoms with Gasteiger partial charge in [-0.15, -0.1) is 0 Å². The van der Waals surface area contributed by atoms with Gasteiger partial charge in [-0.3, -0.25) is 23.2 Å². The first-order valence-corrected chi connectivity index (χ1v) is 8.38. The highest BCUT2D eigenvalue weighted by molar-refractivity contribution is 7.53. The van der Waals surface area contributed by atoms with Crippen LogP contribution in [0.15, 0.2) is 0 Å². The minimum atomic E-state index is -3.92. The monoisotopic (exact) mass is 340 g/mol. The van der Waals surface area contributed by atoms with E-state index in [2.05, 4.69) is 0 Å². The summed E-state index contributed by atoms with van der Waals surface area (Å²) in [5, 5.41) is 9.04. The zero-order valence-electron chi connectivity index (χ0n) is 13.9. The van der Waals surface area contributed by atoms with Crippen molar-refractivity contribution in [3.05, 3.63) is 0 Å². The van der Waals surface area contributed by atoms with Crippen LogP contribution in [0.2, 0.25) is 0 Å². The molecule has 0 radical (unpaired) electrons. The molecule has 22 heavy (non-hydrogen) atoms. The number of hydrogen-bond acceptors (Lipinski definition) is 8. The Bertz CT molecular complexity index is 396. The maximum absolute atomic E-state index is 12.0. The third-order valence-electron chi connectivity index (χ3n) is 2.28. The number of carbonyl (C=O) groups excluding carboxylic acids is 2. The van der Waals surface area contributed by atoms with Gasteiger partial charge >= 0.3 is 19.5 Å². The van der Waals surface area contributed by atoms with E-state index in [0.717, 1.165) is 0 Å². The predicted octanol–water partition coefficient (Wildman–Crippen LogP) is 2.26. The molecule has 0 spiro atoms. The van der Waals surface area contributed by atoms with Crippen LogP contribution >= 0.6 is 7.60 Å². The Labute approximate surface area is 130 Å². The van der Waals surface area contributed by atoms with E-state index in [1.807, 2.05) is 0 Å². The number of aliphatic hydroxyl groups excluding tert-OH is 1. The molecule has 9 heteroatoms. The number of hydrogen-bond donors (Lipinski definition) is 1. The van der Waals surface area contributed by atoms with Gasteiger partial charge in [-0.1, -0.05) is 0 Å². The third kappa shape index (κ3) is 7.89. The van der Waals surface area contributed by atoms with Crippen LogP contribution in [0.3, 0.4) is 0 Å². The van der Waals surface area contributed by atoms with Gasteiger partial charge in [-0.05, 0) is 41.5 Å². The van der Waals surface area contributed by atoms with E-state index in [1.54, 1.807) is 41.5 Å². The number of carbonyl (C=O) groups is 2. The van der Waals surface area contributed by atoms with Gasteiger partial charge in [0.25, 0.3) is 0 Å². The van der Waals surface area contributed by atoms with E-state index in [0.29, 0.717) is 0 Å². The van der Waals surface area contributed by atoms with Gasteiger partial charge in [0, 0.05) is 0 Å². The van der Waals surface area contributed by atoms with Gasteiger partial charge in [0.05, 0.1) is 10.8 Å². The summed E-state index contributed by atoms with van der Waals surface area (Å²) in [6.45, 7) is 8.58. The lowest BCUT2D eigenvalue weighted by Crippen LogP contribution is -2.25. The zero-order valence-corrected chi connectivity index (χ0v) is 14.8. The maximum Gasteiger partial charge on any atom is 0.361 e. The molecular formula is C13H25O8P. The molecular weight excluding hydrogens is 315 g/mol. The fourth-order valence-corrected chi connectivity index (χ4v) is 1.54. The third-order valence-corrected chi connectivity index (χ3v) is 3.62. The molecule has 0 bridgehead atoms. The molecule has 0 unspecified atom stereocenters. The summed E-state index contributed by atoms with van der Waals surface area (Å²) < 4.78 is 31.0. The highest BCUT2D eigenvalue weighted by Crippen LogP contribution is 2.47. The maximum atomic E-state index is 12.0. The molecule has 0 aliphatic rings. The smallest absolute Gasteiger partial charge is 0.361 e. The molecule has 0 atom stereocenters. The molecule has 0 fully saturated rings. The van der Waals surface area contributed by atoms with Crippen molar-refractivity contribution in [1.29, 1.82) is 0 Å². The van der Waals surface area contributed by atoms with Crippen molar-refractivity contribution in [2.45, 2.75) is 41.5 Å². The Morgan fingerprint density at radius 2 is 1.18 bits per heavy atom. The second kappa shape index (κ2) is 8.06. The second-order valence-electron chi connectivity index (χ2n) is 6.61. The van der Waals surface area contributed by atoms with Crippen molar-refractivity contribution in [3.8, 4) is 0 Å². The van der Waals surface area contributed by atoms with Gasteiger partial charge in [-0.25, -0.2) is 0 Å². The van der Waals surface area contributed by atoms with E-state index < -0.39 is 50.3 Å². The van der Waals surface area contributed by atoms with Gasteiger partial charge in [0.15, 0.2) is 0 Å². The van der Waals surface area contributed by atoms with Gasteiger partial charge in [0.2, 0.25) is 13.6 Å². The highest BCUT2D eigenvalue weighted by Gasteiger charge is 2.29. The van der Waals surface area contributed by atoms with Crippen LogP contribution in [0.5, 0.6) is 0 Å². The minimum Gasteiger partial charge on any atom is -0.438 e. The van der Waals surface area contributed by atoms with Crippen molar-refractivity contribution in [3.63, 3.8) is 0 Å².